The van der Waals surface area contributed by atoms with E-state index >= 15 is 0 Å². The van der Waals surface area contributed by atoms with Crippen LogP contribution in [0.2, 0.25) is 0 Å². The van der Waals surface area contributed by atoms with Gasteiger partial charge in [0.15, 0.2) is 0 Å². The van der Waals surface area contributed by atoms with Gasteiger partial charge in [0.05, 0.1) is 32.2 Å². The van der Waals surface area contributed by atoms with Gasteiger partial charge in [-0.3, -0.25) is 0 Å². The number of nitrogens with one attached hydrogen (secondary N) is 2. The fourth-order valence-electron chi connectivity index (χ4n) is 4.77. The van der Waals surface area contributed by atoms with Crippen molar-refractivity contribution in [1.29, 1.82) is 0 Å². The van der Waals surface area contributed by atoms with Crippen molar-refractivity contribution in [2.75, 3.05) is 66.7 Å². The highest BCUT2D eigenvalue weighted by Crippen LogP contribution is 2.26. The number of ether oxygens (including phenoxy) is 2. The second-order valence-corrected chi connectivity index (χ2v) is 9.85. The second kappa shape index (κ2) is 13.7. The molecule has 0 bridgehead atoms. The molecule has 2 fully saturated rings. The van der Waals surface area contributed by atoms with E-state index in [0.29, 0.717) is 50.4 Å². The lowest BCUT2D eigenvalue weighted by atomic mass is 10.0. The van der Waals surface area contributed by atoms with Crippen molar-refractivity contribution in [3.05, 3.63) is 89.7 Å². The highest BCUT2D eigenvalue weighted by Gasteiger charge is 2.23. The molecule has 0 aliphatic carbocycles. The van der Waals surface area contributed by atoms with Crippen LogP contribution in [0, 0.1) is 0 Å². The van der Waals surface area contributed by atoms with E-state index in [1.807, 2.05) is 30.3 Å². The molecule has 2 aliphatic rings. The summed E-state index contributed by atoms with van der Waals surface area (Å²) in [5.74, 6) is 2.56. The molecule has 0 spiro atoms. The van der Waals surface area contributed by atoms with Crippen molar-refractivity contribution in [2.24, 2.45) is 10.2 Å². The van der Waals surface area contributed by atoms with E-state index in [-0.39, 0.29) is 11.9 Å². The highest BCUT2D eigenvalue weighted by molar-refractivity contribution is 5.83. The number of para-hydroxylation sites is 1. The molecule has 1 unspecified atom stereocenters. The number of hydrogen-bond acceptors (Lipinski definition) is 13. The van der Waals surface area contributed by atoms with Gasteiger partial charge in [0.1, 0.15) is 23.5 Å². The molecule has 3 N–H and O–H groups in total. The Bertz CT molecular complexity index is 1580. The zero-order valence-corrected chi connectivity index (χ0v) is 23.5. The minimum Gasteiger partial charge on any atom is -0.507 e. The molecule has 2 aromatic carbocycles. The van der Waals surface area contributed by atoms with Crippen LogP contribution in [-0.4, -0.2) is 83.5 Å². The molecule has 1 atom stereocenters. The largest absolute Gasteiger partial charge is 0.507 e. The van der Waals surface area contributed by atoms with Gasteiger partial charge in [-0.25, -0.2) is 20.8 Å². The van der Waals surface area contributed by atoms with E-state index in [1.165, 1.54) is 6.21 Å². The molecule has 220 valence electrons. The van der Waals surface area contributed by atoms with Gasteiger partial charge in [-0.05, 0) is 41.5 Å². The summed E-state index contributed by atoms with van der Waals surface area (Å²) in [7, 11) is 0. The maximum Gasteiger partial charge on any atom is 0.245 e. The molecule has 43 heavy (non-hydrogen) atoms. The van der Waals surface area contributed by atoms with Gasteiger partial charge in [0.2, 0.25) is 11.9 Å². The van der Waals surface area contributed by atoms with Crippen molar-refractivity contribution >= 4 is 36.0 Å². The Balaban J connectivity index is 1.07. The summed E-state index contributed by atoms with van der Waals surface area (Å²) in [6.07, 6.45) is 6.54. The summed E-state index contributed by atoms with van der Waals surface area (Å²) < 4.78 is 11.6. The van der Waals surface area contributed by atoms with Gasteiger partial charge in [0.25, 0.3) is 0 Å². The molecule has 2 saturated heterocycles. The number of anilines is 4. The van der Waals surface area contributed by atoms with Gasteiger partial charge in [-0.15, -0.1) is 0 Å². The van der Waals surface area contributed by atoms with E-state index in [9.17, 15) is 5.11 Å². The second-order valence-electron chi connectivity index (χ2n) is 9.85. The standard InChI is InChI=1S/C30H32N10O3/c41-25-7-2-1-5-24(25)20-34-38-30-32-11-9-28(36-30)40-14-17-43-26(21-40)23-6-3-4-22(18-23)19-33-37-29-31-10-8-27(35-29)39-12-15-42-16-13-39/h1-11,18-20,26,41H,12-17,21H2,(H,31,35,37)(H,32,36,38)/b33-19+,34-20+. The van der Waals surface area contributed by atoms with Crippen LogP contribution in [-0.2, 0) is 9.47 Å². The van der Waals surface area contributed by atoms with Crippen molar-refractivity contribution in [2.45, 2.75) is 6.10 Å². The molecule has 0 amide bonds. The zero-order valence-electron chi connectivity index (χ0n) is 23.5. The van der Waals surface area contributed by atoms with Gasteiger partial charge in [-0.2, -0.15) is 20.2 Å². The summed E-state index contributed by atoms with van der Waals surface area (Å²) >= 11 is 0. The fraction of sp³-hybridized carbons (Fsp3) is 0.267. The van der Waals surface area contributed by atoms with E-state index in [0.717, 1.165) is 35.9 Å². The average molecular weight is 581 g/mol. The van der Waals surface area contributed by atoms with E-state index in [1.54, 1.807) is 36.8 Å². The number of morpholine rings is 2. The van der Waals surface area contributed by atoms with Crippen LogP contribution in [0.4, 0.5) is 23.5 Å². The summed E-state index contributed by atoms with van der Waals surface area (Å²) in [6.45, 7) is 4.87. The maximum absolute atomic E-state index is 9.91. The number of nitrogens with zero attached hydrogens (tertiary/aromatic N) is 8. The minimum absolute atomic E-state index is 0.144. The van der Waals surface area contributed by atoms with E-state index < -0.39 is 0 Å². The Morgan fingerprint density at radius 2 is 1.49 bits per heavy atom. The lowest BCUT2D eigenvalue weighted by molar-refractivity contribution is 0.0395. The quantitative estimate of drug-likeness (QED) is 0.198. The fourth-order valence-corrected chi connectivity index (χ4v) is 4.77. The molecule has 13 nitrogen and oxygen atoms in total. The number of aromatic nitrogens is 4. The third-order valence-electron chi connectivity index (χ3n) is 6.97. The monoisotopic (exact) mass is 580 g/mol. The molecule has 0 saturated carbocycles. The Kier molecular flexibility index (Phi) is 8.91. The van der Waals surface area contributed by atoms with Crippen molar-refractivity contribution in [1.82, 2.24) is 19.9 Å². The minimum atomic E-state index is -0.144. The Labute approximate surface area is 248 Å². The summed E-state index contributed by atoms with van der Waals surface area (Å²) in [5, 5.41) is 18.4. The number of phenolic OH excluding ortho intramolecular Hbond substituents is 1. The maximum atomic E-state index is 9.91. The van der Waals surface area contributed by atoms with Gasteiger partial charge >= 0.3 is 0 Å². The predicted octanol–water partition coefficient (Wildman–Crippen LogP) is 3.28. The smallest absolute Gasteiger partial charge is 0.245 e. The van der Waals surface area contributed by atoms with E-state index in [2.05, 4.69) is 62.9 Å². The van der Waals surface area contributed by atoms with Crippen LogP contribution in [0.15, 0.2) is 83.3 Å². The number of hydrogen-bond donors (Lipinski definition) is 3. The summed E-state index contributed by atoms with van der Waals surface area (Å²) in [6, 6.07) is 18.8. The molecule has 2 aromatic heterocycles. The zero-order chi connectivity index (χ0) is 29.3. The lowest BCUT2D eigenvalue weighted by Crippen LogP contribution is -2.39. The first-order valence-corrected chi connectivity index (χ1v) is 14.0. The Morgan fingerprint density at radius 3 is 2.26 bits per heavy atom. The molecule has 0 radical (unpaired) electrons. The first-order chi connectivity index (χ1) is 21.2. The number of hydrazone groups is 2. The number of aromatic hydroxyl groups is 1. The summed E-state index contributed by atoms with van der Waals surface area (Å²) in [4.78, 5) is 22.1. The average Bonchev–Trinajstić information content (AvgIpc) is 3.07. The van der Waals surface area contributed by atoms with Crippen molar-refractivity contribution in [3.8, 4) is 5.75 Å². The Morgan fingerprint density at radius 1 is 0.791 bits per heavy atom. The number of rotatable bonds is 9. The molecule has 4 aromatic rings. The topological polar surface area (TPSA) is 146 Å². The molecular weight excluding hydrogens is 548 g/mol. The molecule has 13 heteroatoms. The third-order valence-corrected chi connectivity index (χ3v) is 6.97. The van der Waals surface area contributed by atoms with Crippen LogP contribution in [0.25, 0.3) is 0 Å². The van der Waals surface area contributed by atoms with Crippen LogP contribution < -0.4 is 20.7 Å². The van der Waals surface area contributed by atoms with Gasteiger partial charge < -0.3 is 24.4 Å². The first-order valence-electron chi connectivity index (χ1n) is 14.0. The predicted molar refractivity (Wildman–Crippen MR) is 165 cm³/mol. The normalized spacial score (nSPS) is 17.4. The highest BCUT2D eigenvalue weighted by atomic mass is 16.5. The SMILES string of the molecule is Oc1ccccc1/C=N/Nc1nccc(N2CCOC(c3cccc(/C=N/Nc4nccc(N5CCOCC5)n4)c3)C2)n1. The number of benzene rings is 2. The van der Waals surface area contributed by atoms with Crippen LogP contribution in [0.3, 0.4) is 0 Å². The van der Waals surface area contributed by atoms with Crippen molar-refractivity contribution < 1.29 is 14.6 Å². The molecule has 4 heterocycles. The first kappa shape index (κ1) is 28.0. The lowest BCUT2D eigenvalue weighted by Gasteiger charge is -2.34. The van der Waals surface area contributed by atoms with Crippen LogP contribution in [0.1, 0.15) is 22.8 Å². The van der Waals surface area contributed by atoms with E-state index in [4.69, 9.17) is 9.47 Å². The number of phenols is 1. The third kappa shape index (κ3) is 7.39. The van der Waals surface area contributed by atoms with Crippen molar-refractivity contribution in [3.63, 3.8) is 0 Å². The van der Waals surface area contributed by atoms with Gasteiger partial charge in [-0.1, -0.05) is 30.3 Å². The molecule has 2 aliphatic heterocycles. The van der Waals surface area contributed by atoms with Crippen LogP contribution >= 0.6 is 0 Å². The molecular formula is C30H32N10O3. The molecule has 6 rings (SSSR count). The summed E-state index contributed by atoms with van der Waals surface area (Å²) in [5.41, 5.74) is 8.34. The van der Waals surface area contributed by atoms with Crippen LogP contribution in [0.5, 0.6) is 5.75 Å². The van der Waals surface area contributed by atoms with Gasteiger partial charge in [0, 0.05) is 44.1 Å². The Hall–Kier alpha value is -5.14.